The third-order valence-electron chi connectivity index (χ3n) is 3.67. The van der Waals surface area contributed by atoms with Crippen LogP contribution in [0.3, 0.4) is 0 Å². The quantitative estimate of drug-likeness (QED) is 0.779. The largest absolute Gasteiger partial charge is 0.493 e. The predicted octanol–water partition coefficient (Wildman–Crippen LogP) is 2.54. The molecule has 0 aliphatic carbocycles. The number of benzene rings is 1. The highest BCUT2D eigenvalue weighted by Gasteiger charge is 2.21. The van der Waals surface area contributed by atoms with E-state index in [1.165, 1.54) is 12.0 Å². The van der Waals surface area contributed by atoms with Crippen LogP contribution in [0.25, 0.3) is 0 Å². The molecule has 0 amide bonds. The minimum absolute atomic E-state index is 0.351. The predicted molar refractivity (Wildman–Crippen MR) is 79.7 cm³/mol. The third kappa shape index (κ3) is 4.12. The molecule has 112 valence electrons. The van der Waals surface area contributed by atoms with E-state index in [0.29, 0.717) is 18.8 Å². The molecule has 4 nitrogen and oxygen atoms in total. The summed E-state index contributed by atoms with van der Waals surface area (Å²) < 4.78 is 16.7. The van der Waals surface area contributed by atoms with E-state index in [1.54, 1.807) is 7.11 Å². The maximum absolute atomic E-state index is 5.77. The molecule has 0 spiro atoms. The van der Waals surface area contributed by atoms with Crippen molar-refractivity contribution in [3.8, 4) is 11.5 Å². The van der Waals surface area contributed by atoms with Gasteiger partial charge in [0.25, 0.3) is 0 Å². The third-order valence-corrected chi connectivity index (χ3v) is 3.67. The summed E-state index contributed by atoms with van der Waals surface area (Å²) >= 11 is 0. The van der Waals surface area contributed by atoms with Crippen molar-refractivity contribution in [1.29, 1.82) is 0 Å². The highest BCUT2D eigenvalue weighted by atomic mass is 16.5. The fourth-order valence-corrected chi connectivity index (χ4v) is 2.47. The number of aryl methyl sites for hydroxylation is 1. The Morgan fingerprint density at radius 2 is 2.25 bits per heavy atom. The minimum Gasteiger partial charge on any atom is -0.493 e. The fourth-order valence-electron chi connectivity index (χ4n) is 2.47. The molecule has 0 aromatic heterocycles. The van der Waals surface area contributed by atoms with Crippen molar-refractivity contribution in [3.63, 3.8) is 0 Å². The summed E-state index contributed by atoms with van der Waals surface area (Å²) in [5.74, 6) is 1.59. The Morgan fingerprint density at radius 1 is 1.40 bits per heavy atom. The zero-order chi connectivity index (χ0) is 14.4. The van der Waals surface area contributed by atoms with Crippen LogP contribution < -0.4 is 14.8 Å². The molecule has 1 aromatic carbocycles. The van der Waals surface area contributed by atoms with Crippen LogP contribution in [0.1, 0.15) is 25.3 Å². The van der Waals surface area contributed by atoms with Crippen molar-refractivity contribution in [2.75, 3.05) is 26.9 Å². The molecule has 2 unspecified atom stereocenters. The van der Waals surface area contributed by atoms with Gasteiger partial charge in [-0.05, 0) is 44.4 Å². The van der Waals surface area contributed by atoms with E-state index in [0.717, 1.165) is 31.1 Å². The van der Waals surface area contributed by atoms with Crippen molar-refractivity contribution in [2.24, 2.45) is 0 Å². The second-order valence-corrected chi connectivity index (χ2v) is 5.30. The first-order valence-corrected chi connectivity index (χ1v) is 7.33. The molecule has 1 heterocycles. The highest BCUT2D eigenvalue weighted by molar-refractivity contribution is 5.42. The molecular formula is C16H25NO3. The summed E-state index contributed by atoms with van der Waals surface area (Å²) in [7, 11) is 1.67. The topological polar surface area (TPSA) is 39.7 Å². The maximum atomic E-state index is 5.77. The Balaban J connectivity index is 1.72. The summed E-state index contributed by atoms with van der Waals surface area (Å²) in [4.78, 5) is 0. The molecule has 4 heteroatoms. The first kappa shape index (κ1) is 15.1. The first-order chi connectivity index (χ1) is 9.70. The van der Waals surface area contributed by atoms with Gasteiger partial charge in [-0.2, -0.15) is 0 Å². The lowest BCUT2D eigenvalue weighted by Crippen LogP contribution is -2.39. The average Bonchev–Trinajstić information content (AvgIpc) is 2.98. The summed E-state index contributed by atoms with van der Waals surface area (Å²) in [6.45, 7) is 6.53. The first-order valence-electron chi connectivity index (χ1n) is 7.33. The SMILES string of the molecule is COc1cc(C)ccc1OCCNC(C)C1CCCO1. The fraction of sp³-hybridized carbons (Fsp3) is 0.625. The molecular weight excluding hydrogens is 254 g/mol. The molecule has 0 radical (unpaired) electrons. The van der Waals surface area contributed by atoms with E-state index in [1.807, 2.05) is 25.1 Å². The van der Waals surface area contributed by atoms with Gasteiger partial charge in [0.1, 0.15) is 6.61 Å². The maximum Gasteiger partial charge on any atom is 0.161 e. The zero-order valence-electron chi connectivity index (χ0n) is 12.6. The lowest BCUT2D eigenvalue weighted by Gasteiger charge is -2.20. The van der Waals surface area contributed by atoms with Gasteiger partial charge in [-0.25, -0.2) is 0 Å². The van der Waals surface area contributed by atoms with Crippen LogP contribution in [0, 0.1) is 6.92 Å². The van der Waals surface area contributed by atoms with Crippen molar-refractivity contribution in [2.45, 2.75) is 38.8 Å². The molecule has 0 bridgehead atoms. The molecule has 0 saturated carbocycles. The van der Waals surface area contributed by atoms with Gasteiger partial charge in [0.15, 0.2) is 11.5 Å². The van der Waals surface area contributed by atoms with Gasteiger partial charge in [-0.1, -0.05) is 6.07 Å². The minimum atomic E-state index is 0.351. The lowest BCUT2D eigenvalue weighted by atomic mass is 10.1. The average molecular weight is 279 g/mol. The molecule has 1 aliphatic heterocycles. The van der Waals surface area contributed by atoms with E-state index in [4.69, 9.17) is 14.2 Å². The molecule has 20 heavy (non-hydrogen) atoms. The standard InChI is InChI=1S/C16H25NO3/c1-12-6-7-15(16(11-12)18-3)20-10-8-17-13(2)14-5-4-9-19-14/h6-7,11,13-14,17H,4-5,8-10H2,1-3H3. The van der Waals surface area contributed by atoms with E-state index < -0.39 is 0 Å². The van der Waals surface area contributed by atoms with E-state index in [-0.39, 0.29) is 0 Å². The molecule has 2 atom stereocenters. The van der Waals surface area contributed by atoms with Crippen LogP contribution >= 0.6 is 0 Å². The summed E-state index contributed by atoms with van der Waals surface area (Å²) in [5, 5.41) is 3.45. The molecule has 1 saturated heterocycles. The highest BCUT2D eigenvalue weighted by Crippen LogP contribution is 2.27. The normalized spacial score (nSPS) is 19.9. The van der Waals surface area contributed by atoms with Crippen molar-refractivity contribution in [3.05, 3.63) is 23.8 Å². The lowest BCUT2D eigenvalue weighted by molar-refractivity contribution is 0.0824. The zero-order valence-corrected chi connectivity index (χ0v) is 12.6. The Kier molecular flexibility index (Phi) is 5.68. The van der Waals surface area contributed by atoms with Gasteiger partial charge in [0, 0.05) is 19.2 Å². The van der Waals surface area contributed by atoms with E-state index in [2.05, 4.69) is 12.2 Å². The molecule has 1 aliphatic rings. The molecule has 1 fully saturated rings. The smallest absolute Gasteiger partial charge is 0.161 e. The summed E-state index contributed by atoms with van der Waals surface area (Å²) in [6, 6.07) is 6.34. The van der Waals surface area contributed by atoms with Crippen LogP contribution in [0.15, 0.2) is 18.2 Å². The van der Waals surface area contributed by atoms with Gasteiger partial charge in [-0.3, -0.25) is 0 Å². The van der Waals surface area contributed by atoms with Gasteiger partial charge in [0.05, 0.1) is 13.2 Å². The number of nitrogens with one attached hydrogen (secondary N) is 1. The number of ether oxygens (including phenoxy) is 3. The summed E-state index contributed by atoms with van der Waals surface area (Å²) in [6.07, 6.45) is 2.68. The van der Waals surface area contributed by atoms with Gasteiger partial charge in [0.2, 0.25) is 0 Å². The van der Waals surface area contributed by atoms with Crippen molar-refractivity contribution < 1.29 is 14.2 Å². The Morgan fingerprint density at radius 3 is 2.95 bits per heavy atom. The Hall–Kier alpha value is -1.26. The van der Waals surface area contributed by atoms with Gasteiger partial charge in [-0.15, -0.1) is 0 Å². The monoisotopic (exact) mass is 279 g/mol. The van der Waals surface area contributed by atoms with Gasteiger partial charge >= 0.3 is 0 Å². The molecule has 1 N–H and O–H groups in total. The molecule has 1 aromatic rings. The van der Waals surface area contributed by atoms with Crippen LogP contribution in [-0.4, -0.2) is 39.0 Å². The molecule has 2 rings (SSSR count). The van der Waals surface area contributed by atoms with Crippen LogP contribution in [0.5, 0.6) is 11.5 Å². The number of hydrogen-bond acceptors (Lipinski definition) is 4. The second-order valence-electron chi connectivity index (χ2n) is 5.30. The van der Waals surface area contributed by atoms with Crippen LogP contribution in [-0.2, 0) is 4.74 Å². The van der Waals surface area contributed by atoms with Gasteiger partial charge < -0.3 is 19.5 Å². The number of rotatable bonds is 7. The van der Waals surface area contributed by atoms with Crippen LogP contribution in [0.4, 0.5) is 0 Å². The number of hydrogen-bond donors (Lipinski definition) is 1. The van der Waals surface area contributed by atoms with Crippen molar-refractivity contribution >= 4 is 0 Å². The van der Waals surface area contributed by atoms with Crippen LogP contribution in [0.2, 0.25) is 0 Å². The summed E-state index contributed by atoms with van der Waals surface area (Å²) in [5.41, 5.74) is 1.17. The van der Waals surface area contributed by atoms with E-state index in [9.17, 15) is 0 Å². The Labute approximate surface area is 121 Å². The van der Waals surface area contributed by atoms with E-state index >= 15 is 0 Å². The van der Waals surface area contributed by atoms with Crippen molar-refractivity contribution in [1.82, 2.24) is 5.32 Å². The Bertz CT molecular complexity index is 416. The number of methoxy groups -OCH3 is 1. The second kappa shape index (κ2) is 7.50.